The molecule has 0 fully saturated rings. The normalized spacial score (nSPS) is 11.4. The topological polar surface area (TPSA) is 8.17 Å². The summed E-state index contributed by atoms with van der Waals surface area (Å²) in [5.41, 5.74) is 15.4. The second kappa shape index (κ2) is 13.7. The zero-order valence-electron chi connectivity index (χ0n) is 30.6. The highest BCUT2D eigenvalue weighted by Crippen LogP contribution is 2.39. The maximum Gasteiger partial charge on any atom is 0.0541 e. The first-order valence-electron chi connectivity index (χ1n) is 18.9. The summed E-state index contributed by atoms with van der Waals surface area (Å²) in [5, 5.41) is 5.01. The Labute approximate surface area is 321 Å². The highest BCUT2D eigenvalue weighted by atomic mass is 15.1. The molecule has 55 heavy (non-hydrogen) atoms. The third kappa shape index (κ3) is 6.04. The molecule has 1 heterocycles. The van der Waals surface area contributed by atoms with Crippen LogP contribution in [0.2, 0.25) is 0 Å². The van der Waals surface area contributed by atoms with Crippen LogP contribution in [0.15, 0.2) is 212 Å². The van der Waals surface area contributed by atoms with E-state index in [9.17, 15) is 0 Å². The lowest BCUT2D eigenvalue weighted by atomic mass is 9.97. The molecule has 0 unspecified atom stereocenters. The van der Waals surface area contributed by atoms with Crippen molar-refractivity contribution in [3.8, 4) is 39.1 Å². The van der Waals surface area contributed by atoms with Crippen LogP contribution in [0.4, 0.5) is 17.1 Å². The molecular formula is C53H38N2. The molecule has 0 aliphatic rings. The van der Waals surface area contributed by atoms with Crippen molar-refractivity contribution in [3.63, 3.8) is 0 Å². The Kier molecular flexibility index (Phi) is 8.08. The average molecular weight is 703 g/mol. The summed E-state index contributed by atoms with van der Waals surface area (Å²) in [4.78, 5) is 2.35. The van der Waals surface area contributed by atoms with Gasteiger partial charge in [0.15, 0.2) is 0 Å². The lowest BCUT2D eigenvalue weighted by molar-refractivity contribution is 1.17. The van der Waals surface area contributed by atoms with Gasteiger partial charge in [-0.1, -0.05) is 145 Å². The molecule has 0 bridgehead atoms. The second-order valence-corrected chi connectivity index (χ2v) is 14.3. The molecule has 0 spiro atoms. The van der Waals surface area contributed by atoms with Crippen molar-refractivity contribution in [3.05, 3.63) is 218 Å². The molecule has 9 aromatic carbocycles. The number of hydrogen-bond acceptors (Lipinski definition) is 1. The highest BCUT2D eigenvalue weighted by molar-refractivity contribution is 6.09. The molecule has 1 aromatic heterocycles. The van der Waals surface area contributed by atoms with Gasteiger partial charge < -0.3 is 9.47 Å². The second-order valence-electron chi connectivity index (χ2n) is 14.3. The van der Waals surface area contributed by atoms with E-state index < -0.39 is 0 Å². The molecule has 0 aliphatic heterocycles. The maximum absolute atomic E-state index is 2.37. The Bertz CT molecular complexity index is 2880. The fourth-order valence-corrected chi connectivity index (χ4v) is 7.99. The Morgan fingerprint density at radius 2 is 0.709 bits per heavy atom. The van der Waals surface area contributed by atoms with Gasteiger partial charge in [-0.3, -0.25) is 0 Å². The van der Waals surface area contributed by atoms with Crippen LogP contribution in [0.3, 0.4) is 0 Å². The quantitative estimate of drug-likeness (QED) is 0.160. The first kappa shape index (κ1) is 32.5. The van der Waals surface area contributed by atoms with Gasteiger partial charge in [-0.2, -0.15) is 0 Å². The van der Waals surface area contributed by atoms with Crippen molar-refractivity contribution in [1.29, 1.82) is 0 Å². The maximum atomic E-state index is 2.37. The monoisotopic (exact) mass is 702 g/mol. The third-order valence-electron chi connectivity index (χ3n) is 10.9. The van der Waals surface area contributed by atoms with Gasteiger partial charge in [-0.25, -0.2) is 0 Å². The number of benzene rings is 9. The standard InChI is InChI=1S/C53H38N2/c1-37-15-17-39(18-16-37)40-23-27-46(28-24-40)54(48-31-33-49(34-32-48)55-52-13-7-5-11-50(52)51-12-6-8-14-53(51)55)47-29-25-41(26-30-47)43-20-22-44-35-42(19-21-45(44)36-43)38-9-3-2-4-10-38/h2-36H,1H3. The van der Waals surface area contributed by atoms with Gasteiger partial charge in [0.25, 0.3) is 0 Å². The molecule has 0 radical (unpaired) electrons. The van der Waals surface area contributed by atoms with Crippen LogP contribution in [-0.2, 0) is 0 Å². The van der Waals surface area contributed by atoms with Crippen LogP contribution < -0.4 is 4.90 Å². The van der Waals surface area contributed by atoms with Crippen molar-refractivity contribution < 1.29 is 0 Å². The molecular weight excluding hydrogens is 665 g/mol. The van der Waals surface area contributed by atoms with E-state index in [0.717, 1.165) is 22.7 Å². The smallest absolute Gasteiger partial charge is 0.0541 e. The lowest BCUT2D eigenvalue weighted by Gasteiger charge is -2.26. The van der Waals surface area contributed by atoms with E-state index >= 15 is 0 Å². The summed E-state index contributed by atoms with van der Waals surface area (Å²) in [6.45, 7) is 2.13. The minimum atomic E-state index is 1.10. The lowest BCUT2D eigenvalue weighted by Crippen LogP contribution is -2.10. The van der Waals surface area contributed by atoms with Crippen LogP contribution >= 0.6 is 0 Å². The predicted octanol–water partition coefficient (Wildman–Crippen LogP) is 14.7. The summed E-state index contributed by atoms with van der Waals surface area (Å²) in [6, 6.07) is 77.1. The van der Waals surface area contributed by atoms with E-state index in [1.165, 1.54) is 71.5 Å². The summed E-state index contributed by atoms with van der Waals surface area (Å²) in [6.07, 6.45) is 0. The molecule has 0 saturated carbocycles. The van der Waals surface area contributed by atoms with Gasteiger partial charge >= 0.3 is 0 Å². The van der Waals surface area contributed by atoms with Gasteiger partial charge in [-0.15, -0.1) is 0 Å². The number of fused-ring (bicyclic) bond motifs is 4. The van der Waals surface area contributed by atoms with Gasteiger partial charge in [0, 0.05) is 33.5 Å². The van der Waals surface area contributed by atoms with Crippen LogP contribution in [-0.4, -0.2) is 4.57 Å². The first-order chi connectivity index (χ1) is 27.2. The summed E-state index contributed by atoms with van der Waals surface area (Å²) >= 11 is 0. The number of rotatable bonds is 7. The number of nitrogens with zero attached hydrogens (tertiary/aromatic N) is 2. The molecule has 10 aromatic rings. The molecule has 0 atom stereocenters. The predicted molar refractivity (Wildman–Crippen MR) is 234 cm³/mol. The largest absolute Gasteiger partial charge is 0.311 e. The van der Waals surface area contributed by atoms with Crippen molar-refractivity contribution in [2.75, 3.05) is 4.90 Å². The van der Waals surface area contributed by atoms with E-state index in [4.69, 9.17) is 0 Å². The summed E-state index contributed by atoms with van der Waals surface area (Å²) in [5.74, 6) is 0. The van der Waals surface area contributed by atoms with E-state index in [1.54, 1.807) is 0 Å². The SMILES string of the molecule is Cc1ccc(-c2ccc(N(c3ccc(-c4ccc5cc(-c6ccccc6)ccc5c4)cc3)c3ccc(-n4c5ccccc5c5ccccc54)cc3)cc2)cc1. The first-order valence-corrected chi connectivity index (χ1v) is 18.9. The van der Waals surface area contributed by atoms with Crippen LogP contribution in [0.5, 0.6) is 0 Å². The molecule has 260 valence electrons. The minimum Gasteiger partial charge on any atom is -0.311 e. The molecule has 0 saturated heterocycles. The zero-order valence-corrected chi connectivity index (χ0v) is 30.6. The Morgan fingerprint density at radius 3 is 1.22 bits per heavy atom. The molecule has 0 aliphatic carbocycles. The average Bonchev–Trinajstić information content (AvgIpc) is 3.59. The van der Waals surface area contributed by atoms with E-state index in [-0.39, 0.29) is 0 Å². The van der Waals surface area contributed by atoms with E-state index in [2.05, 4.69) is 229 Å². The summed E-state index contributed by atoms with van der Waals surface area (Å²) < 4.78 is 2.37. The van der Waals surface area contributed by atoms with Crippen molar-refractivity contribution >= 4 is 49.6 Å². The summed E-state index contributed by atoms with van der Waals surface area (Å²) in [7, 11) is 0. The number of aromatic nitrogens is 1. The Balaban J connectivity index is 1.02. The van der Waals surface area contributed by atoms with Crippen molar-refractivity contribution in [1.82, 2.24) is 4.57 Å². The van der Waals surface area contributed by atoms with Gasteiger partial charge in [0.05, 0.1) is 11.0 Å². The minimum absolute atomic E-state index is 1.10. The number of anilines is 3. The van der Waals surface area contributed by atoms with E-state index in [1.807, 2.05) is 0 Å². The zero-order chi connectivity index (χ0) is 36.7. The van der Waals surface area contributed by atoms with Crippen LogP contribution in [0.25, 0.3) is 71.6 Å². The Hall–Kier alpha value is -7.16. The van der Waals surface area contributed by atoms with Crippen LogP contribution in [0, 0.1) is 6.92 Å². The third-order valence-corrected chi connectivity index (χ3v) is 10.9. The van der Waals surface area contributed by atoms with Crippen LogP contribution in [0.1, 0.15) is 5.56 Å². The molecule has 2 heteroatoms. The number of para-hydroxylation sites is 2. The van der Waals surface area contributed by atoms with Gasteiger partial charge in [0.2, 0.25) is 0 Å². The van der Waals surface area contributed by atoms with Crippen molar-refractivity contribution in [2.24, 2.45) is 0 Å². The fourth-order valence-electron chi connectivity index (χ4n) is 7.99. The molecule has 0 amide bonds. The molecule has 10 rings (SSSR count). The molecule has 2 nitrogen and oxygen atoms in total. The molecule has 0 N–H and O–H groups in total. The fraction of sp³-hybridized carbons (Fsp3) is 0.0189. The van der Waals surface area contributed by atoms with Gasteiger partial charge in [0.1, 0.15) is 0 Å². The van der Waals surface area contributed by atoms with E-state index in [0.29, 0.717) is 0 Å². The number of hydrogen-bond donors (Lipinski definition) is 0. The number of aryl methyl sites for hydroxylation is 1. The highest BCUT2D eigenvalue weighted by Gasteiger charge is 2.16. The Morgan fingerprint density at radius 1 is 0.327 bits per heavy atom. The van der Waals surface area contributed by atoms with Gasteiger partial charge in [-0.05, 0) is 124 Å². The van der Waals surface area contributed by atoms with Crippen molar-refractivity contribution in [2.45, 2.75) is 6.92 Å².